The molecule has 0 unspecified atom stereocenters. The van der Waals surface area contributed by atoms with Crippen LogP contribution in [0.25, 0.3) is 0 Å². The Kier molecular flexibility index (Phi) is 5.14. The number of aryl methyl sites for hydroxylation is 2. The number of hydrogen-bond donors (Lipinski definition) is 1. The third-order valence-electron chi connectivity index (χ3n) is 2.99. The minimum atomic E-state index is -3.65. The quantitative estimate of drug-likeness (QED) is 0.825. The van der Waals surface area contributed by atoms with Crippen molar-refractivity contribution in [1.29, 1.82) is 0 Å². The first-order chi connectivity index (χ1) is 9.92. The van der Waals surface area contributed by atoms with Crippen LogP contribution in [0.3, 0.4) is 0 Å². The van der Waals surface area contributed by atoms with E-state index in [2.05, 4.69) is 4.72 Å². The highest BCUT2D eigenvalue weighted by molar-refractivity contribution is 7.92. The Bertz CT molecular complexity index is 728. The lowest BCUT2D eigenvalue weighted by molar-refractivity contribution is 0.601. The maximum atomic E-state index is 12.3. The van der Waals surface area contributed by atoms with Crippen molar-refractivity contribution in [2.24, 2.45) is 0 Å². The first kappa shape index (κ1) is 16.1. The van der Waals surface area contributed by atoms with Gasteiger partial charge in [0.2, 0.25) is 0 Å². The molecule has 6 heteroatoms. The molecule has 0 saturated carbocycles. The molecule has 2 aromatic rings. The predicted octanol–water partition coefficient (Wildman–Crippen LogP) is 4.23. The molecule has 0 atom stereocenters. The van der Waals surface area contributed by atoms with Crippen LogP contribution in [0.5, 0.6) is 0 Å². The standard InChI is InChI=1S/C15H15Cl2NO2S/c1-11-2-7-15(14(17)10-11)18-21(19,20)13-5-3-12(4-6-13)8-9-16/h2-7,10,18H,8-9H2,1H3. The summed E-state index contributed by atoms with van der Waals surface area (Å²) in [6, 6.07) is 11.8. The molecule has 0 heterocycles. The summed E-state index contributed by atoms with van der Waals surface area (Å²) in [6.07, 6.45) is 0.707. The Hall–Kier alpha value is -1.23. The maximum absolute atomic E-state index is 12.3. The number of benzene rings is 2. The second-order valence-electron chi connectivity index (χ2n) is 4.67. The maximum Gasteiger partial charge on any atom is 0.261 e. The van der Waals surface area contributed by atoms with E-state index in [-0.39, 0.29) is 4.90 Å². The third kappa shape index (κ3) is 4.13. The highest BCUT2D eigenvalue weighted by Crippen LogP contribution is 2.25. The van der Waals surface area contributed by atoms with Gasteiger partial charge in [0.1, 0.15) is 0 Å². The molecule has 3 nitrogen and oxygen atoms in total. The lowest BCUT2D eigenvalue weighted by Gasteiger charge is -2.10. The summed E-state index contributed by atoms with van der Waals surface area (Å²) >= 11 is 11.7. The monoisotopic (exact) mass is 343 g/mol. The first-order valence-corrected chi connectivity index (χ1v) is 8.76. The second kappa shape index (κ2) is 6.69. The van der Waals surface area contributed by atoms with Gasteiger partial charge in [-0.25, -0.2) is 8.42 Å². The van der Waals surface area contributed by atoms with Gasteiger partial charge >= 0.3 is 0 Å². The van der Waals surface area contributed by atoms with Crippen molar-refractivity contribution in [2.45, 2.75) is 18.2 Å². The van der Waals surface area contributed by atoms with Crippen molar-refractivity contribution >= 4 is 38.9 Å². The average molecular weight is 344 g/mol. The summed E-state index contributed by atoms with van der Waals surface area (Å²) in [5, 5.41) is 0.373. The second-order valence-corrected chi connectivity index (χ2v) is 7.14. The molecule has 0 aliphatic carbocycles. The molecular formula is C15H15Cl2NO2S. The molecule has 2 rings (SSSR count). The lowest BCUT2D eigenvalue weighted by atomic mass is 10.2. The van der Waals surface area contributed by atoms with Gasteiger partial charge < -0.3 is 0 Å². The zero-order valence-corrected chi connectivity index (χ0v) is 13.8. The Morgan fingerprint density at radius 3 is 2.33 bits per heavy atom. The fourth-order valence-corrected chi connectivity index (χ4v) is 3.49. The topological polar surface area (TPSA) is 46.2 Å². The number of nitrogens with one attached hydrogen (secondary N) is 1. The number of anilines is 1. The third-order valence-corrected chi connectivity index (χ3v) is 4.87. The number of sulfonamides is 1. The number of rotatable bonds is 5. The molecule has 1 N–H and O–H groups in total. The summed E-state index contributed by atoms with van der Waals surface area (Å²) in [5.74, 6) is 0.503. The van der Waals surface area contributed by atoms with E-state index >= 15 is 0 Å². The molecule has 0 amide bonds. The van der Waals surface area contributed by atoms with Crippen LogP contribution >= 0.6 is 23.2 Å². The van der Waals surface area contributed by atoms with Gasteiger partial charge in [0, 0.05) is 5.88 Å². The van der Waals surface area contributed by atoms with Crippen molar-refractivity contribution in [3.63, 3.8) is 0 Å². The van der Waals surface area contributed by atoms with Crippen LogP contribution in [0.15, 0.2) is 47.4 Å². The molecule has 0 aliphatic heterocycles. The molecule has 0 bridgehead atoms. The van der Waals surface area contributed by atoms with Gasteiger partial charge in [-0.15, -0.1) is 11.6 Å². The van der Waals surface area contributed by atoms with Crippen LogP contribution in [-0.4, -0.2) is 14.3 Å². The van der Waals surface area contributed by atoms with Crippen LogP contribution in [0.1, 0.15) is 11.1 Å². The first-order valence-electron chi connectivity index (χ1n) is 6.36. The lowest BCUT2D eigenvalue weighted by Crippen LogP contribution is -2.13. The summed E-state index contributed by atoms with van der Waals surface area (Å²) in [4.78, 5) is 0.192. The van der Waals surface area contributed by atoms with Crippen molar-refractivity contribution < 1.29 is 8.42 Å². The van der Waals surface area contributed by atoms with Crippen molar-refractivity contribution in [1.82, 2.24) is 0 Å². The fourth-order valence-electron chi connectivity index (χ4n) is 1.85. The SMILES string of the molecule is Cc1ccc(NS(=O)(=O)c2ccc(CCCl)cc2)c(Cl)c1. The Morgan fingerprint density at radius 1 is 1.10 bits per heavy atom. The number of hydrogen-bond acceptors (Lipinski definition) is 2. The highest BCUT2D eigenvalue weighted by atomic mass is 35.5. The van der Waals surface area contributed by atoms with E-state index in [4.69, 9.17) is 23.2 Å². The predicted molar refractivity (Wildman–Crippen MR) is 87.9 cm³/mol. The van der Waals surface area contributed by atoms with E-state index in [0.29, 0.717) is 23.0 Å². The fraction of sp³-hybridized carbons (Fsp3) is 0.200. The summed E-state index contributed by atoms with van der Waals surface area (Å²) < 4.78 is 27.1. The van der Waals surface area contributed by atoms with E-state index in [0.717, 1.165) is 11.1 Å². The summed E-state index contributed by atoms with van der Waals surface area (Å²) in [7, 11) is -3.65. The van der Waals surface area contributed by atoms with Gasteiger partial charge in [-0.1, -0.05) is 29.8 Å². The van der Waals surface area contributed by atoms with E-state index in [9.17, 15) is 8.42 Å². The van der Waals surface area contributed by atoms with Crippen LogP contribution < -0.4 is 4.72 Å². The van der Waals surface area contributed by atoms with Crippen LogP contribution in [0, 0.1) is 6.92 Å². The largest absolute Gasteiger partial charge is 0.278 e. The molecule has 0 fully saturated rings. The zero-order chi connectivity index (χ0) is 15.5. The molecule has 0 saturated heterocycles. The van der Waals surface area contributed by atoms with Crippen molar-refractivity contribution in [3.8, 4) is 0 Å². The molecular weight excluding hydrogens is 329 g/mol. The highest BCUT2D eigenvalue weighted by Gasteiger charge is 2.15. The minimum absolute atomic E-state index is 0.192. The van der Waals surface area contributed by atoms with Crippen LogP contribution in [0.4, 0.5) is 5.69 Å². The molecule has 0 spiro atoms. The Labute approximate surface area is 135 Å². The number of alkyl halides is 1. The van der Waals surface area contributed by atoms with Gasteiger partial charge in [-0.3, -0.25) is 4.72 Å². The van der Waals surface area contributed by atoms with Gasteiger partial charge in [0.15, 0.2) is 0 Å². The smallest absolute Gasteiger partial charge is 0.261 e. The van der Waals surface area contributed by atoms with E-state index in [1.165, 1.54) is 0 Å². The average Bonchev–Trinajstić information content (AvgIpc) is 2.43. The van der Waals surface area contributed by atoms with Gasteiger partial charge in [0.05, 0.1) is 15.6 Å². The van der Waals surface area contributed by atoms with Gasteiger partial charge in [-0.05, 0) is 48.7 Å². The van der Waals surface area contributed by atoms with E-state index in [1.807, 2.05) is 6.92 Å². The molecule has 112 valence electrons. The normalized spacial score (nSPS) is 11.4. The Balaban J connectivity index is 2.25. The molecule has 2 aromatic carbocycles. The summed E-state index contributed by atoms with van der Waals surface area (Å²) in [5.41, 5.74) is 2.33. The van der Waals surface area contributed by atoms with E-state index < -0.39 is 10.0 Å². The molecule has 21 heavy (non-hydrogen) atoms. The van der Waals surface area contributed by atoms with Crippen molar-refractivity contribution in [2.75, 3.05) is 10.6 Å². The van der Waals surface area contributed by atoms with Crippen LogP contribution in [0.2, 0.25) is 5.02 Å². The molecule has 0 aliphatic rings. The molecule has 0 radical (unpaired) electrons. The van der Waals surface area contributed by atoms with E-state index in [1.54, 1.807) is 42.5 Å². The van der Waals surface area contributed by atoms with Crippen LogP contribution in [-0.2, 0) is 16.4 Å². The van der Waals surface area contributed by atoms with Crippen molar-refractivity contribution in [3.05, 3.63) is 58.6 Å². The van der Waals surface area contributed by atoms with Gasteiger partial charge in [0.25, 0.3) is 10.0 Å². The van der Waals surface area contributed by atoms with Gasteiger partial charge in [-0.2, -0.15) is 0 Å². The molecule has 0 aromatic heterocycles. The summed E-state index contributed by atoms with van der Waals surface area (Å²) in [6.45, 7) is 1.89. The number of halogens is 2. The minimum Gasteiger partial charge on any atom is -0.278 e. The zero-order valence-electron chi connectivity index (χ0n) is 11.4. The Morgan fingerprint density at radius 2 is 1.76 bits per heavy atom.